The van der Waals surface area contributed by atoms with Gasteiger partial charge in [0.05, 0.1) is 12.0 Å². The van der Waals surface area contributed by atoms with Gasteiger partial charge in [-0.3, -0.25) is 10.1 Å². The number of methoxy groups -OCH3 is 1. The van der Waals surface area contributed by atoms with Gasteiger partial charge in [-0.25, -0.2) is 13.2 Å². The largest absolute Gasteiger partial charge is 0.497 e. The van der Waals surface area contributed by atoms with Crippen molar-refractivity contribution in [2.75, 3.05) is 7.11 Å². The molecule has 2 aromatic rings. The Morgan fingerprint density at radius 3 is 2.30 bits per heavy atom. The lowest BCUT2D eigenvalue weighted by Gasteiger charge is -2.29. The normalized spacial score (nSPS) is 13.6. The standard InChI is InChI=1S/C17H18N2O7S/c1-3-17(16(20)21,12-8-10-13(26-2)11-9-12)18-27(24,25)15-7-5-4-6-14(15)19(22)23/h4-11,18H,3H2,1-2H3,(H,20,21)/t17-/m1/s1. The maximum atomic E-state index is 12.8. The number of aliphatic carboxylic acids is 1. The molecule has 1 atom stereocenters. The van der Waals surface area contributed by atoms with Crippen molar-refractivity contribution in [2.45, 2.75) is 23.8 Å². The van der Waals surface area contributed by atoms with Gasteiger partial charge in [-0.2, -0.15) is 4.72 Å². The fourth-order valence-corrected chi connectivity index (χ4v) is 4.24. The van der Waals surface area contributed by atoms with Gasteiger partial charge in [-0.05, 0) is 30.2 Å². The Morgan fingerprint density at radius 1 is 1.22 bits per heavy atom. The first kappa shape index (κ1) is 20.3. The van der Waals surface area contributed by atoms with E-state index in [4.69, 9.17) is 4.74 Å². The van der Waals surface area contributed by atoms with Crippen molar-refractivity contribution in [3.8, 4) is 5.75 Å². The number of para-hydroxylation sites is 1. The van der Waals surface area contributed by atoms with Gasteiger partial charge in [0.2, 0.25) is 10.0 Å². The number of nitro groups is 1. The molecule has 27 heavy (non-hydrogen) atoms. The zero-order valence-corrected chi connectivity index (χ0v) is 15.4. The minimum atomic E-state index is -4.52. The molecule has 0 aromatic heterocycles. The highest BCUT2D eigenvalue weighted by atomic mass is 32.2. The molecule has 2 N–H and O–H groups in total. The zero-order chi connectivity index (χ0) is 20.2. The summed E-state index contributed by atoms with van der Waals surface area (Å²) in [6.07, 6.45) is -0.130. The van der Waals surface area contributed by atoms with Crippen LogP contribution in [0.25, 0.3) is 0 Å². The smallest absolute Gasteiger partial charge is 0.329 e. The van der Waals surface area contributed by atoms with Crippen LogP contribution in [0.4, 0.5) is 5.69 Å². The minimum absolute atomic E-state index is 0.130. The van der Waals surface area contributed by atoms with Gasteiger partial charge in [-0.15, -0.1) is 0 Å². The molecule has 0 saturated heterocycles. The van der Waals surface area contributed by atoms with E-state index in [9.17, 15) is 28.4 Å². The molecular weight excluding hydrogens is 376 g/mol. The van der Waals surface area contributed by atoms with E-state index in [0.29, 0.717) is 5.75 Å². The Balaban J connectivity index is 2.59. The summed E-state index contributed by atoms with van der Waals surface area (Å²) in [5.74, 6) is -0.965. The van der Waals surface area contributed by atoms with Crippen LogP contribution < -0.4 is 9.46 Å². The van der Waals surface area contributed by atoms with Gasteiger partial charge < -0.3 is 9.84 Å². The second kappa shape index (κ2) is 7.72. The number of carboxylic acids is 1. The van der Waals surface area contributed by atoms with Crippen LogP contribution in [-0.4, -0.2) is 31.5 Å². The fourth-order valence-electron chi connectivity index (χ4n) is 2.65. The summed E-state index contributed by atoms with van der Waals surface area (Å²) in [5.41, 5.74) is -2.48. The maximum Gasteiger partial charge on any atom is 0.329 e. The van der Waals surface area contributed by atoms with E-state index in [1.165, 1.54) is 50.4 Å². The summed E-state index contributed by atoms with van der Waals surface area (Å²) in [7, 11) is -3.08. The first-order chi connectivity index (χ1) is 12.7. The fraction of sp³-hybridized carbons (Fsp3) is 0.235. The number of nitro benzene ring substituents is 1. The maximum absolute atomic E-state index is 12.8. The summed E-state index contributed by atoms with van der Waals surface area (Å²) in [6, 6.07) is 10.6. The van der Waals surface area contributed by atoms with E-state index >= 15 is 0 Å². The van der Waals surface area contributed by atoms with Crippen LogP contribution >= 0.6 is 0 Å². The van der Waals surface area contributed by atoms with E-state index in [-0.39, 0.29) is 12.0 Å². The number of sulfonamides is 1. The van der Waals surface area contributed by atoms with Crippen molar-refractivity contribution < 1.29 is 28.0 Å². The van der Waals surface area contributed by atoms with Crippen LogP contribution in [0.3, 0.4) is 0 Å². The van der Waals surface area contributed by atoms with Crippen molar-refractivity contribution >= 4 is 21.7 Å². The predicted molar refractivity (Wildman–Crippen MR) is 96.0 cm³/mol. The summed E-state index contributed by atoms with van der Waals surface area (Å²) in [5, 5.41) is 21.0. The number of rotatable bonds is 8. The second-order valence-corrected chi connectivity index (χ2v) is 7.27. The molecule has 0 aliphatic carbocycles. The first-order valence-electron chi connectivity index (χ1n) is 7.83. The van der Waals surface area contributed by atoms with Gasteiger partial charge in [0.1, 0.15) is 5.75 Å². The number of benzene rings is 2. The number of nitrogens with one attached hydrogen (secondary N) is 1. The Kier molecular flexibility index (Phi) is 5.82. The topological polar surface area (TPSA) is 136 Å². The van der Waals surface area contributed by atoms with Crippen molar-refractivity contribution in [3.05, 3.63) is 64.2 Å². The molecule has 2 rings (SSSR count). The molecule has 0 fully saturated rings. The van der Waals surface area contributed by atoms with E-state index in [0.717, 1.165) is 12.1 Å². The van der Waals surface area contributed by atoms with Crippen LogP contribution in [-0.2, 0) is 20.4 Å². The lowest BCUT2D eigenvalue weighted by Crippen LogP contribution is -2.51. The van der Waals surface area contributed by atoms with E-state index in [2.05, 4.69) is 4.72 Å². The van der Waals surface area contributed by atoms with E-state index in [1.54, 1.807) is 0 Å². The van der Waals surface area contributed by atoms with Crippen LogP contribution in [0.15, 0.2) is 53.4 Å². The van der Waals surface area contributed by atoms with Crippen LogP contribution in [0, 0.1) is 10.1 Å². The van der Waals surface area contributed by atoms with Gasteiger partial charge in [-0.1, -0.05) is 31.2 Å². The molecule has 0 spiro atoms. The number of hydrogen-bond donors (Lipinski definition) is 2. The van der Waals surface area contributed by atoms with Crippen molar-refractivity contribution in [1.29, 1.82) is 0 Å². The van der Waals surface area contributed by atoms with Gasteiger partial charge in [0.15, 0.2) is 10.4 Å². The number of carbonyl (C=O) groups is 1. The highest BCUT2D eigenvalue weighted by Crippen LogP contribution is 2.31. The average molecular weight is 394 g/mol. The molecule has 0 bridgehead atoms. The third kappa shape index (κ3) is 3.91. The van der Waals surface area contributed by atoms with E-state index < -0.39 is 37.0 Å². The van der Waals surface area contributed by atoms with Crippen molar-refractivity contribution in [1.82, 2.24) is 4.72 Å². The molecule has 0 aliphatic rings. The van der Waals surface area contributed by atoms with Gasteiger partial charge in [0.25, 0.3) is 5.69 Å². The molecule has 0 amide bonds. The Labute approximate surface area is 155 Å². The average Bonchev–Trinajstić information content (AvgIpc) is 2.66. The molecule has 0 radical (unpaired) electrons. The summed E-state index contributed by atoms with van der Waals surface area (Å²) >= 11 is 0. The van der Waals surface area contributed by atoms with Gasteiger partial charge in [0, 0.05) is 6.07 Å². The highest BCUT2D eigenvalue weighted by Gasteiger charge is 2.44. The molecular formula is C17H18N2O7S. The monoisotopic (exact) mass is 394 g/mol. The zero-order valence-electron chi connectivity index (χ0n) is 14.6. The Hall–Kier alpha value is -2.98. The van der Waals surface area contributed by atoms with Crippen LogP contribution in [0.5, 0.6) is 5.75 Å². The number of hydrogen-bond acceptors (Lipinski definition) is 6. The lowest BCUT2D eigenvalue weighted by atomic mass is 9.88. The highest BCUT2D eigenvalue weighted by molar-refractivity contribution is 7.89. The quantitative estimate of drug-likeness (QED) is 0.518. The first-order valence-corrected chi connectivity index (χ1v) is 9.31. The molecule has 2 aromatic carbocycles. The van der Waals surface area contributed by atoms with Crippen LogP contribution in [0.1, 0.15) is 18.9 Å². The summed E-state index contributed by atoms with van der Waals surface area (Å²) < 4.78 is 32.8. The molecule has 0 aliphatic heterocycles. The SMILES string of the molecule is CC[C@](NS(=O)(=O)c1ccccc1[N+](=O)[O-])(C(=O)O)c1ccc(OC)cc1. The van der Waals surface area contributed by atoms with Crippen molar-refractivity contribution in [2.24, 2.45) is 0 Å². The predicted octanol–water partition coefficient (Wildman–Crippen LogP) is 2.27. The molecule has 0 saturated carbocycles. The molecule has 0 unspecified atom stereocenters. The lowest BCUT2D eigenvalue weighted by molar-refractivity contribution is -0.387. The van der Waals surface area contributed by atoms with Gasteiger partial charge >= 0.3 is 5.97 Å². The van der Waals surface area contributed by atoms with Crippen molar-refractivity contribution in [3.63, 3.8) is 0 Å². The summed E-state index contributed by atoms with van der Waals surface area (Å²) in [4.78, 5) is 21.8. The third-order valence-corrected chi connectivity index (χ3v) is 5.68. The van der Waals surface area contributed by atoms with E-state index in [1.807, 2.05) is 0 Å². The summed E-state index contributed by atoms with van der Waals surface area (Å²) in [6.45, 7) is 1.50. The second-order valence-electron chi connectivity index (χ2n) is 5.62. The Morgan fingerprint density at radius 2 is 1.81 bits per heavy atom. The third-order valence-electron chi connectivity index (χ3n) is 4.14. The Bertz CT molecular complexity index is 958. The number of nitrogens with zero attached hydrogens (tertiary/aromatic N) is 1. The molecule has 0 heterocycles. The number of carboxylic acid groups (broad SMARTS) is 1. The molecule has 10 heteroatoms. The minimum Gasteiger partial charge on any atom is -0.497 e. The molecule has 144 valence electrons. The molecule has 9 nitrogen and oxygen atoms in total. The van der Waals surface area contributed by atoms with Crippen LogP contribution in [0.2, 0.25) is 0 Å². The number of ether oxygens (including phenoxy) is 1.